The van der Waals surface area contributed by atoms with Crippen LogP contribution in [-0.2, 0) is 9.59 Å². The Morgan fingerprint density at radius 3 is 2.74 bits per heavy atom. The molecular formula is C16H17N3O3S. The summed E-state index contributed by atoms with van der Waals surface area (Å²) in [5.41, 5.74) is 1.29. The van der Waals surface area contributed by atoms with Crippen LogP contribution in [-0.4, -0.2) is 21.8 Å². The average molecular weight is 331 g/mol. The van der Waals surface area contributed by atoms with Crippen molar-refractivity contribution in [2.75, 3.05) is 10.6 Å². The first-order valence-corrected chi connectivity index (χ1v) is 7.94. The number of aryl methyl sites for hydroxylation is 3. The summed E-state index contributed by atoms with van der Waals surface area (Å²) in [7, 11) is 0. The third kappa shape index (κ3) is 2.57. The highest BCUT2D eigenvalue weighted by atomic mass is 32.1. The van der Waals surface area contributed by atoms with E-state index in [0.29, 0.717) is 17.1 Å². The number of nitrogens with one attached hydrogen (secondary N) is 2. The van der Waals surface area contributed by atoms with Gasteiger partial charge in [0.1, 0.15) is 5.75 Å². The zero-order valence-electron chi connectivity index (χ0n) is 13.3. The number of amides is 2. The molecule has 0 saturated carbocycles. The summed E-state index contributed by atoms with van der Waals surface area (Å²) in [5, 5.41) is 5.51. The number of fused-ring (bicyclic) bond motifs is 1. The molecule has 1 aromatic heterocycles. The number of nitrogens with zero attached hydrogens (tertiary/aromatic N) is 1. The predicted octanol–water partition coefficient (Wildman–Crippen LogP) is 2.80. The molecule has 2 heterocycles. The fourth-order valence-electron chi connectivity index (χ4n) is 2.38. The van der Waals surface area contributed by atoms with E-state index in [1.54, 1.807) is 13.0 Å². The molecule has 1 aromatic carbocycles. The molecule has 0 spiro atoms. The second-order valence-corrected chi connectivity index (χ2v) is 6.72. The van der Waals surface area contributed by atoms with Gasteiger partial charge in [-0.1, -0.05) is 6.07 Å². The lowest BCUT2D eigenvalue weighted by Crippen LogP contribution is -2.56. The van der Waals surface area contributed by atoms with Gasteiger partial charge in [-0.2, -0.15) is 4.37 Å². The van der Waals surface area contributed by atoms with E-state index in [2.05, 4.69) is 15.0 Å². The van der Waals surface area contributed by atoms with Crippen LogP contribution in [0.25, 0.3) is 0 Å². The van der Waals surface area contributed by atoms with Gasteiger partial charge >= 0.3 is 0 Å². The summed E-state index contributed by atoms with van der Waals surface area (Å²) in [5.74, 6) is -0.538. The number of carbonyl (C=O) groups excluding carboxylic acids is 2. The maximum Gasteiger partial charge on any atom is 0.278 e. The summed E-state index contributed by atoms with van der Waals surface area (Å²) >= 11 is 1.30. The molecule has 0 saturated heterocycles. The third-order valence-corrected chi connectivity index (χ3v) is 4.68. The number of ether oxygens (including phenoxy) is 1. The Kier molecular flexibility index (Phi) is 3.60. The van der Waals surface area contributed by atoms with Gasteiger partial charge in [0.2, 0.25) is 0 Å². The lowest BCUT2D eigenvalue weighted by molar-refractivity contribution is -0.143. The molecule has 1 aliphatic heterocycles. The average Bonchev–Trinajstić information content (AvgIpc) is 2.80. The van der Waals surface area contributed by atoms with Crippen LogP contribution in [0.2, 0.25) is 0 Å². The fourth-order valence-corrected chi connectivity index (χ4v) is 3.04. The van der Waals surface area contributed by atoms with Gasteiger partial charge in [-0.3, -0.25) is 9.59 Å². The van der Waals surface area contributed by atoms with E-state index in [1.807, 2.05) is 26.0 Å². The normalized spacial score (nSPS) is 19.6. The second-order valence-electron chi connectivity index (χ2n) is 5.74. The summed E-state index contributed by atoms with van der Waals surface area (Å²) in [6.07, 6.45) is 0. The molecule has 0 aliphatic carbocycles. The minimum Gasteiger partial charge on any atom is -0.466 e. The van der Waals surface area contributed by atoms with Crippen LogP contribution >= 0.6 is 11.5 Å². The van der Waals surface area contributed by atoms with Gasteiger partial charge in [-0.25, -0.2) is 0 Å². The Balaban J connectivity index is 1.90. The van der Waals surface area contributed by atoms with Gasteiger partial charge < -0.3 is 15.4 Å². The van der Waals surface area contributed by atoms with Crippen molar-refractivity contribution >= 4 is 34.7 Å². The number of carbonyl (C=O) groups is 2. The van der Waals surface area contributed by atoms with E-state index in [1.165, 1.54) is 18.5 Å². The van der Waals surface area contributed by atoms with Crippen LogP contribution in [0.3, 0.4) is 0 Å². The molecule has 6 nitrogen and oxygen atoms in total. The van der Waals surface area contributed by atoms with Gasteiger partial charge in [-0.15, -0.1) is 0 Å². The molecule has 7 heteroatoms. The zero-order chi connectivity index (χ0) is 16.8. The minimum atomic E-state index is -1.64. The molecular weight excluding hydrogens is 314 g/mol. The molecule has 120 valence electrons. The van der Waals surface area contributed by atoms with Crippen molar-refractivity contribution in [2.24, 2.45) is 0 Å². The molecule has 2 aromatic rings. The molecule has 0 fully saturated rings. The number of benzene rings is 1. The van der Waals surface area contributed by atoms with Crippen molar-refractivity contribution in [3.05, 3.63) is 34.3 Å². The van der Waals surface area contributed by atoms with E-state index in [-0.39, 0.29) is 0 Å². The first-order chi connectivity index (χ1) is 10.8. The highest BCUT2D eigenvalue weighted by Crippen LogP contribution is 2.35. The minimum absolute atomic E-state index is 0.477. The lowest BCUT2D eigenvalue weighted by Gasteiger charge is -2.33. The van der Waals surface area contributed by atoms with Gasteiger partial charge in [0.05, 0.1) is 17.1 Å². The monoisotopic (exact) mass is 331 g/mol. The predicted molar refractivity (Wildman–Crippen MR) is 89.1 cm³/mol. The SMILES string of the molecule is Cc1ccc2c(c1)NC(=O)C(C)(C(=O)Nc1c(C)nsc1C)O2. The van der Waals surface area contributed by atoms with Crippen molar-refractivity contribution in [3.8, 4) is 5.75 Å². The third-order valence-electron chi connectivity index (χ3n) is 3.84. The first-order valence-electron chi connectivity index (χ1n) is 7.16. The molecule has 0 radical (unpaired) electrons. The van der Waals surface area contributed by atoms with Crippen LogP contribution in [0.5, 0.6) is 5.75 Å². The summed E-state index contributed by atoms with van der Waals surface area (Å²) in [6.45, 7) is 7.05. The van der Waals surface area contributed by atoms with Crippen molar-refractivity contribution < 1.29 is 14.3 Å². The summed E-state index contributed by atoms with van der Waals surface area (Å²) in [6, 6.07) is 5.42. The standard InChI is InChI=1S/C16H17N3O3S/c1-8-5-6-12-11(7-8)17-14(20)16(4,22-12)15(21)18-13-9(2)19-23-10(13)3/h5-7H,1-4H3,(H,17,20)(H,18,21). The van der Waals surface area contributed by atoms with Gasteiger partial charge in [-0.05, 0) is 56.9 Å². The largest absolute Gasteiger partial charge is 0.466 e. The Labute approximate surface area is 138 Å². The molecule has 2 N–H and O–H groups in total. The zero-order valence-corrected chi connectivity index (χ0v) is 14.1. The van der Waals surface area contributed by atoms with Gasteiger partial charge in [0, 0.05) is 4.88 Å². The maximum absolute atomic E-state index is 12.7. The Morgan fingerprint density at radius 2 is 2.09 bits per heavy atom. The van der Waals surface area contributed by atoms with Gasteiger partial charge in [0.25, 0.3) is 17.4 Å². The van der Waals surface area contributed by atoms with E-state index in [9.17, 15) is 9.59 Å². The van der Waals surface area contributed by atoms with E-state index < -0.39 is 17.4 Å². The Morgan fingerprint density at radius 1 is 1.35 bits per heavy atom. The second kappa shape index (κ2) is 5.34. The number of anilines is 2. The van der Waals surface area contributed by atoms with Crippen molar-refractivity contribution in [2.45, 2.75) is 33.3 Å². The molecule has 23 heavy (non-hydrogen) atoms. The number of hydrogen-bond acceptors (Lipinski definition) is 5. The number of rotatable bonds is 2. The van der Waals surface area contributed by atoms with E-state index in [4.69, 9.17) is 4.74 Å². The highest BCUT2D eigenvalue weighted by Gasteiger charge is 2.47. The maximum atomic E-state index is 12.7. The fraction of sp³-hybridized carbons (Fsp3) is 0.312. The van der Waals surface area contributed by atoms with Gasteiger partial charge in [0.15, 0.2) is 0 Å². The van der Waals surface area contributed by atoms with Crippen molar-refractivity contribution in [1.82, 2.24) is 4.37 Å². The van der Waals surface area contributed by atoms with Crippen LogP contribution in [0.15, 0.2) is 18.2 Å². The number of hydrogen-bond donors (Lipinski definition) is 2. The van der Waals surface area contributed by atoms with Crippen LogP contribution in [0.4, 0.5) is 11.4 Å². The van der Waals surface area contributed by atoms with Crippen LogP contribution in [0, 0.1) is 20.8 Å². The molecule has 1 atom stereocenters. The first kappa shape index (κ1) is 15.5. The van der Waals surface area contributed by atoms with Crippen LogP contribution < -0.4 is 15.4 Å². The summed E-state index contributed by atoms with van der Waals surface area (Å²) < 4.78 is 9.92. The smallest absolute Gasteiger partial charge is 0.278 e. The molecule has 3 rings (SSSR count). The Hall–Kier alpha value is -2.41. The number of aromatic nitrogens is 1. The molecule has 1 unspecified atom stereocenters. The molecule has 2 amide bonds. The van der Waals surface area contributed by atoms with Crippen LogP contribution in [0.1, 0.15) is 23.1 Å². The highest BCUT2D eigenvalue weighted by molar-refractivity contribution is 7.06. The van der Waals surface area contributed by atoms with Crippen molar-refractivity contribution in [3.63, 3.8) is 0 Å². The Bertz CT molecular complexity index is 795. The van der Waals surface area contributed by atoms with E-state index >= 15 is 0 Å². The molecule has 1 aliphatic rings. The molecule has 0 bridgehead atoms. The topological polar surface area (TPSA) is 80.3 Å². The lowest BCUT2D eigenvalue weighted by atomic mass is 10.0. The summed E-state index contributed by atoms with van der Waals surface area (Å²) in [4.78, 5) is 26.0. The quantitative estimate of drug-likeness (QED) is 0.829. The van der Waals surface area contributed by atoms with E-state index in [0.717, 1.165) is 16.1 Å². The van der Waals surface area contributed by atoms with Crippen molar-refractivity contribution in [1.29, 1.82) is 0 Å².